The first-order chi connectivity index (χ1) is 16.9. The predicted octanol–water partition coefficient (Wildman–Crippen LogP) is 4.29. The fraction of sp³-hybridized carbons (Fsp3) is 0.346. The highest BCUT2D eigenvalue weighted by Crippen LogP contribution is 2.40. The summed E-state index contributed by atoms with van der Waals surface area (Å²) < 4.78 is 21.5. The Bertz CT molecular complexity index is 1200. The van der Waals surface area contributed by atoms with Crippen molar-refractivity contribution in [3.63, 3.8) is 0 Å². The lowest BCUT2D eigenvalue weighted by atomic mass is 9.96. The molecule has 1 aromatic carbocycles. The number of para-hydroxylation sites is 1. The molecule has 1 fully saturated rings. The zero-order valence-electron chi connectivity index (χ0n) is 20.1. The molecule has 0 bridgehead atoms. The molecule has 4 rings (SSSR count). The Morgan fingerprint density at radius 1 is 1.20 bits per heavy atom. The maximum atomic E-state index is 14.0. The summed E-state index contributed by atoms with van der Waals surface area (Å²) in [5.74, 6) is -0.737. The molecule has 7 nitrogen and oxygen atoms in total. The standard InChI is InChI=1S/C26H30FN5O2S/c1-17-16-19(18(2)31(17)14-15-34-3)25-24(22-10-6-7-12-28-22)30-26(35)32(25)13-11-23(33)29-21-9-5-4-8-20(21)27/h4-10,12,16,24-25H,11,13-15H2,1-3H3,(H,29,33)(H,30,35)/t24-,25+/m1/s1. The molecule has 0 radical (unpaired) electrons. The number of benzene rings is 1. The zero-order chi connectivity index (χ0) is 24.9. The molecule has 2 N–H and O–H groups in total. The SMILES string of the molecule is COCCn1c(C)cc([C@H]2[C@@H](c3ccccn3)NC(=S)N2CCC(=O)Nc2ccccc2F)c1C. The largest absolute Gasteiger partial charge is 0.383 e. The van der Waals surface area contributed by atoms with Gasteiger partial charge in [0.2, 0.25) is 5.91 Å². The molecule has 3 aromatic rings. The van der Waals surface area contributed by atoms with Gasteiger partial charge in [0.25, 0.3) is 0 Å². The molecule has 184 valence electrons. The summed E-state index contributed by atoms with van der Waals surface area (Å²) >= 11 is 5.72. The quantitative estimate of drug-likeness (QED) is 0.432. The van der Waals surface area contributed by atoms with E-state index in [2.05, 4.69) is 40.1 Å². The highest BCUT2D eigenvalue weighted by molar-refractivity contribution is 7.80. The van der Waals surface area contributed by atoms with Crippen molar-refractivity contribution in [1.29, 1.82) is 0 Å². The molecule has 0 saturated carbocycles. The van der Waals surface area contributed by atoms with Crippen LogP contribution in [0.4, 0.5) is 10.1 Å². The van der Waals surface area contributed by atoms with Crippen LogP contribution in [0.5, 0.6) is 0 Å². The molecule has 9 heteroatoms. The number of hydrogen-bond donors (Lipinski definition) is 2. The van der Waals surface area contributed by atoms with Crippen LogP contribution in [0.2, 0.25) is 0 Å². The lowest BCUT2D eigenvalue weighted by Gasteiger charge is -2.28. The lowest BCUT2D eigenvalue weighted by molar-refractivity contribution is -0.116. The number of aromatic nitrogens is 2. The second-order valence-corrected chi connectivity index (χ2v) is 8.96. The molecule has 2 aromatic heterocycles. The van der Waals surface area contributed by atoms with Crippen LogP contribution < -0.4 is 10.6 Å². The van der Waals surface area contributed by atoms with Crippen LogP contribution in [0, 0.1) is 19.7 Å². The summed E-state index contributed by atoms with van der Waals surface area (Å²) in [6.07, 6.45) is 1.92. The summed E-state index contributed by atoms with van der Waals surface area (Å²) in [6.45, 7) is 5.91. The van der Waals surface area contributed by atoms with Gasteiger partial charge >= 0.3 is 0 Å². The third kappa shape index (κ3) is 5.36. The molecule has 3 heterocycles. The third-order valence-corrected chi connectivity index (χ3v) is 6.73. The minimum atomic E-state index is -0.462. The van der Waals surface area contributed by atoms with Crippen molar-refractivity contribution in [2.75, 3.05) is 25.6 Å². The molecule has 1 saturated heterocycles. The van der Waals surface area contributed by atoms with E-state index >= 15 is 0 Å². The first-order valence-corrected chi connectivity index (χ1v) is 12.0. The first-order valence-electron chi connectivity index (χ1n) is 11.6. The number of rotatable bonds is 9. The van der Waals surface area contributed by atoms with Gasteiger partial charge in [0, 0.05) is 44.2 Å². The Morgan fingerprint density at radius 3 is 2.69 bits per heavy atom. The number of carbonyl (C=O) groups excluding carboxylic acids is 1. The van der Waals surface area contributed by atoms with Crippen molar-refractivity contribution < 1.29 is 13.9 Å². The van der Waals surface area contributed by atoms with Crippen LogP contribution >= 0.6 is 12.2 Å². The van der Waals surface area contributed by atoms with Gasteiger partial charge in [-0.2, -0.15) is 0 Å². The molecule has 1 aliphatic heterocycles. The molecule has 35 heavy (non-hydrogen) atoms. The number of methoxy groups -OCH3 is 1. The molecule has 0 spiro atoms. The molecule has 2 atom stereocenters. The van der Waals surface area contributed by atoms with E-state index in [0.29, 0.717) is 18.3 Å². The van der Waals surface area contributed by atoms with E-state index in [0.717, 1.165) is 29.2 Å². The van der Waals surface area contributed by atoms with Crippen molar-refractivity contribution in [2.24, 2.45) is 0 Å². The van der Waals surface area contributed by atoms with Crippen molar-refractivity contribution in [3.8, 4) is 0 Å². The number of nitrogens with one attached hydrogen (secondary N) is 2. The molecule has 1 amide bonds. The van der Waals surface area contributed by atoms with Crippen LogP contribution in [0.25, 0.3) is 0 Å². The normalized spacial score (nSPS) is 17.5. The highest BCUT2D eigenvalue weighted by Gasteiger charge is 2.41. The van der Waals surface area contributed by atoms with Crippen LogP contribution in [0.3, 0.4) is 0 Å². The van der Waals surface area contributed by atoms with Crippen molar-refractivity contribution >= 4 is 28.9 Å². The van der Waals surface area contributed by atoms with E-state index < -0.39 is 5.82 Å². The second kappa shape index (κ2) is 11.0. The summed E-state index contributed by atoms with van der Waals surface area (Å²) in [4.78, 5) is 19.3. The molecule has 0 aliphatic carbocycles. The molecular formula is C26H30FN5O2S. The number of carbonyl (C=O) groups is 1. The third-order valence-electron chi connectivity index (χ3n) is 6.38. The Kier molecular flexibility index (Phi) is 7.77. The summed E-state index contributed by atoms with van der Waals surface area (Å²) in [5.41, 5.74) is 4.42. The summed E-state index contributed by atoms with van der Waals surface area (Å²) in [5, 5.41) is 6.64. The smallest absolute Gasteiger partial charge is 0.226 e. The van der Waals surface area contributed by atoms with E-state index in [1.807, 2.05) is 23.1 Å². The second-order valence-electron chi connectivity index (χ2n) is 8.57. The summed E-state index contributed by atoms with van der Waals surface area (Å²) in [7, 11) is 1.69. The number of anilines is 1. The van der Waals surface area contributed by atoms with Crippen LogP contribution in [-0.4, -0.2) is 45.7 Å². The van der Waals surface area contributed by atoms with Crippen LogP contribution in [0.15, 0.2) is 54.7 Å². The van der Waals surface area contributed by atoms with E-state index in [1.165, 1.54) is 6.07 Å². The van der Waals surface area contributed by atoms with Crippen LogP contribution in [0.1, 0.15) is 41.1 Å². The average molecular weight is 496 g/mol. The molecule has 0 unspecified atom stereocenters. The van der Waals surface area contributed by atoms with Gasteiger partial charge in [-0.05, 0) is 62.0 Å². The fourth-order valence-electron chi connectivity index (χ4n) is 4.64. The fourth-order valence-corrected chi connectivity index (χ4v) is 4.97. The Morgan fingerprint density at radius 2 is 1.97 bits per heavy atom. The number of amides is 1. The van der Waals surface area contributed by atoms with E-state index in [9.17, 15) is 9.18 Å². The average Bonchev–Trinajstić information content (AvgIpc) is 3.33. The van der Waals surface area contributed by atoms with Gasteiger partial charge in [-0.15, -0.1) is 0 Å². The molecule has 1 aliphatic rings. The number of pyridine rings is 1. The van der Waals surface area contributed by atoms with E-state index in [4.69, 9.17) is 17.0 Å². The first kappa shape index (κ1) is 24.8. The monoisotopic (exact) mass is 495 g/mol. The van der Waals surface area contributed by atoms with Crippen molar-refractivity contribution in [3.05, 3.63) is 83.2 Å². The van der Waals surface area contributed by atoms with Gasteiger partial charge in [-0.1, -0.05) is 18.2 Å². The maximum Gasteiger partial charge on any atom is 0.226 e. The van der Waals surface area contributed by atoms with Gasteiger partial charge in [0.05, 0.1) is 30.1 Å². The van der Waals surface area contributed by atoms with E-state index in [-0.39, 0.29) is 30.1 Å². The van der Waals surface area contributed by atoms with Crippen LogP contribution in [-0.2, 0) is 16.1 Å². The Hall–Kier alpha value is -3.30. The Labute approximate surface area is 210 Å². The minimum Gasteiger partial charge on any atom is -0.383 e. The Balaban J connectivity index is 1.61. The minimum absolute atomic E-state index is 0.152. The number of ether oxygens (including phenoxy) is 1. The van der Waals surface area contributed by atoms with Crippen molar-refractivity contribution in [1.82, 2.24) is 19.8 Å². The topological polar surface area (TPSA) is 71.4 Å². The zero-order valence-corrected chi connectivity index (χ0v) is 20.9. The number of hydrogen-bond acceptors (Lipinski definition) is 4. The maximum absolute atomic E-state index is 14.0. The lowest BCUT2D eigenvalue weighted by Crippen LogP contribution is -2.33. The highest BCUT2D eigenvalue weighted by atomic mass is 32.1. The van der Waals surface area contributed by atoms with Gasteiger partial charge in [0.15, 0.2) is 5.11 Å². The molecular weight excluding hydrogens is 465 g/mol. The number of thiocarbonyl (C=S) groups is 1. The number of nitrogens with zero attached hydrogens (tertiary/aromatic N) is 3. The number of aryl methyl sites for hydroxylation is 1. The van der Waals surface area contributed by atoms with Crippen molar-refractivity contribution in [2.45, 2.75) is 38.9 Å². The van der Waals surface area contributed by atoms with Gasteiger partial charge in [-0.3, -0.25) is 9.78 Å². The predicted molar refractivity (Wildman–Crippen MR) is 138 cm³/mol. The summed E-state index contributed by atoms with van der Waals surface area (Å²) in [6, 6.07) is 13.8. The van der Waals surface area contributed by atoms with E-state index in [1.54, 1.807) is 31.5 Å². The number of halogens is 1. The van der Waals surface area contributed by atoms with Gasteiger partial charge in [0.1, 0.15) is 5.82 Å². The van der Waals surface area contributed by atoms with Gasteiger partial charge in [-0.25, -0.2) is 4.39 Å². The van der Waals surface area contributed by atoms with Gasteiger partial charge < -0.3 is 24.8 Å².